The number of aliphatic hydroxyl groups is 1. The molecule has 0 saturated carbocycles. The highest BCUT2D eigenvalue weighted by molar-refractivity contribution is 5.88. The summed E-state index contributed by atoms with van der Waals surface area (Å²) in [7, 11) is 1.99. The highest BCUT2D eigenvalue weighted by atomic mass is 16.3. The molecule has 8 heteroatoms. The number of hydrogen-bond donors (Lipinski definition) is 2. The molecule has 1 saturated heterocycles. The molecule has 2 aromatic carbocycles. The number of hydrogen-bond acceptors (Lipinski definition) is 7. The van der Waals surface area contributed by atoms with Gasteiger partial charge in [-0.3, -0.25) is 9.99 Å². The van der Waals surface area contributed by atoms with Gasteiger partial charge in [-0.1, -0.05) is 61.9 Å². The molecular weight excluding hydrogens is 438 g/mol. The van der Waals surface area contributed by atoms with Crippen molar-refractivity contribution in [1.29, 1.82) is 0 Å². The zero-order valence-electron chi connectivity index (χ0n) is 20.4. The van der Waals surface area contributed by atoms with E-state index in [4.69, 9.17) is 4.98 Å². The van der Waals surface area contributed by atoms with E-state index in [9.17, 15) is 5.11 Å². The summed E-state index contributed by atoms with van der Waals surface area (Å²) < 4.78 is 2.08. The van der Waals surface area contributed by atoms with Gasteiger partial charge in [0.1, 0.15) is 18.3 Å². The number of aliphatic hydroxyl groups excluding tert-OH is 1. The molecule has 0 amide bonds. The molecule has 3 heterocycles. The molecule has 2 atom stereocenters. The number of nitrogens with zero attached hydrogens (tertiary/aromatic N) is 6. The zero-order valence-corrected chi connectivity index (χ0v) is 20.4. The topological polar surface area (TPSA) is 82.3 Å². The highest BCUT2D eigenvalue weighted by Crippen LogP contribution is 2.32. The third-order valence-electron chi connectivity index (χ3n) is 6.67. The molecule has 2 unspecified atom stereocenters. The molecule has 4 aromatic rings. The predicted molar refractivity (Wildman–Crippen MR) is 139 cm³/mol. The fourth-order valence-corrected chi connectivity index (χ4v) is 4.86. The van der Waals surface area contributed by atoms with Crippen LogP contribution in [0.15, 0.2) is 67.0 Å². The number of imidazole rings is 1. The third kappa shape index (κ3) is 4.65. The van der Waals surface area contributed by atoms with E-state index in [0.29, 0.717) is 17.8 Å². The third-order valence-corrected chi connectivity index (χ3v) is 6.67. The first-order chi connectivity index (χ1) is 17.2. The van der Waals surface area contributed by atoms with Crippen LogP contribution >= 0.6 is 0 Å². The van der Waals surface area contributed by atoms with E-state index in [1.807, 2.05) is 55.3 Å². The number of hydrazine groups is 1. The number of nitrogens with one attached hydrogen (secondary N) is 1. The number of benzene rings is 2. The van der Waals surface area contributed by atoms with Gasteiger partial charge in [0, 0.05) is 31.4 Å². The van der Waals surface area contributed by atoms with Gasteiger partial charge in [-0.15, -0.1) is 0 Å². The Hall–Kier alpha value is -3.33. The molecule has 1 fully saturated rings. The molecule has 1 aliphatic heterocycles. The fraction of sp³-hybridized carbons (Fsp3) is 0.370. The lowest BCUT2D eigenvalue weighted by atomic mass is 10.1. The molecule has 8 nitrogen and oxygen atoms in total. The van der Waals surface area contributed by atoms with Crippen LogP contribution in [0.25, 0.3) is 28.2 Å². The Morgan fingerprint density at radius 1 is 1.00 bits per heavy atom. The number of para-hydroxylation sites is 1. The average Bonchev–Trinajstić information content (AvgIpc) is 3.10. The van der Waals surface area contributed by atoms with Crippen molar-refractivity contribution in [1.82, 2.24) is 30.0 Å². The summed E-state index contributed by atoms with van der Waals surface area (Å²) in [5, 5.41) is 13.3. The molecule has 1 aliphatic rings. The molecule has 0 bridgehead atoms. The van der Waals surface area contributed by atoms with Crippen LogP contribution in [0.2, 0.25) is 0 Å². The van der Waals surface area contributed by atoms with Crippen molar-refractivity contribution in [3.63, 3.8) is 0 Å². The van der Waals surface area contributed by atoms with E-state index >= 15 is 0 Å². The summed E-state index contributed by atoms with van der Waals surface area (Å²) in [6.45, 7) is 3.78. The highest BCUT2D eigenvalue weighted by Gasteiger charge is 2.32. The molecule has 2 N–H and O–H groups in total. The van der Waals surface area contributed by atoms with Crippen LogP contribution in [-0.4, -0.2) is 62.0 Å². The molecule has 0 spiro atoms. The van der Waals surface area contributed by atoms with Crippen LogP contribution in [0.4, 0.5) is 5.82 Å². The van der Waals surface area contributed by atoms with E-state index in [1.54, 1.807) is 6.33 Å². The van der Waals surface area contributed by atoms with Crippen LogP contribution in [0.3, 0.4) is 0 Å². The zero-order chi connectivity index (χ0) is 24.2. The maximum absolute atomic E-state index is 11.1. The van der Waals surface area contributed by atoms with Gasteiger partial charge in [0.05, 0.1) is 6.10 Å². The number of aromatic nitrogens is 4. The molecule has 35 heavy (non-hydrogen) atoms. The first-order valence-corrected chi connectivity index (χ1v) is 12.4. The first-order valence-electron chi connectivity index (χ1n) is 12.4. The van der Waals surface area contributed by atoms with Crippen LogP contribution < -0.4 is 10.3 Å². The summed E-state index contributed by atoms with van der Waals surface area (Å²) in [5.74, 6) is 1.51. The summed E-state index contributed by atoms with van der Waals surface area (Å²) in [6.07, 6.45) is 4.80. The van der Waals surface area contributed by atoms with Crippen molar-refractivity contribution in [2.75, 3.05) is 25.0 Å². The number of rotatable bonds is 7. The molecule has 0 radical (unpaired) electrons. The summed E-state index contributed by atoms with van der Waals surface area (Å²) in [4.78, 5) is 16.5. The van der Waals surface area contributed by atoms with Crippen molar-refractivity contribution < 1.29 is 5.11 Å². The molecule has 0 aliphatic carbocycles. The van der Waals surface area contributed by atoms with Crippen LogP contribution in [0, 0.1) is 0 Å². The lowest BCUT2D eigenvalue weighted by molar-refractivity contribution is 0.0199. The van der Waals surface area contributed by atoms with Crippen molar-refractivity contribution >= 4 is 17.0 Å². The second kappa shape index (κ2) is 10.5. The quantitative estimate of drug-likeness (QED) is 0.421. The minimum absolute atomic E-state index is 0.279. The Bertz CT molecular complexity index is 1240. The lowest BCUT2D eigenvalue weighted by Crippen LogP contribution is -2.58. The SMILES string of the molecule is CCC(O)C(N1CCCCCN1)N(C)c1ncnc2c1nc(-c1ccccc1)n2-c1ccccc1. The van der Waals surface area contributed by atoms with Gasteiger partial charge in [-0.2, -0.15) is 0 Å². The van der Waals surface area contributed by atoms with E-state index < -0.39 is 6.10 Å². The summed E-state index contributed by atoms with van der Waals surface area (Å²) >= 11 is 0. The number of anilines is 1. The van der Waals surface area contributed by atoms with E-state index in [2.05, 4.69) is 49.2 Å². The van der Waals surface area contributed by atoms with E-state index in [1.165, 1.54) is 6.42 Å². The van der Waals surface area contributed by atoms with Gasteiger partial charge >= 0.3 is 0 Å². The second-order valence-corrected chi connectivity index (χ2v) is 9.00. The van der Waals surface area contributed by atoms with Crippen LogP contribution in [0.5, 0.6) is 0 Å². The van der Waals surface area contributed by atoms with Gasteiger partial charge in [-0.25, -0.2) is 20.0 Å². The normalized spacial score (nSPS) is 16.7. The number of fused-ring (bicyclic) bond motifs is 1. The molecular formula is C27H33N7O. The Kier molecular flexibility index (Phi) is 7.03. The van der Waals surface area contributed by atoms with Crippen molar-refractivity contribution in [3.05, 3.63) is 67.0 Å². The van der Waals surface area contributed by atoms with Crippen molar-refractivity contribution in [2.24, 2.45) is 0 Å². The minimum atomic E-state index is -0.555. The Labute approximate surface area is 206 Å². The Balaban J connectivity index is 1.66. The van der Waals surface area contributed by atoms with Crippen molar-refractivity contribution in [3.8, 4) is 17.1 Å². The van der Waals surface area contributed by atoms with E-state index in [0.717, 1.165) is 48.7 Å². The van der Waals surface area contributed by atoms with Crippen LogP contribution in [-0.2, 0) is 0 Å². The first kappa shape index (κ1) is 23.4. The monoisotopic (exact) mass is 471 g/mol. The lowest BCUT2D eigenvalue weighted by Gasteiger charge is -2.40. The number of likely N-dealkylation sites (N-methyl/N-ethyl adjacent to an activating group) is 1. The Morgan fingerprint density at radius 2 is 1.74 bits per heavy atom. The fourth-order valence-electron chi connectivity index (χ4n) is 4.86. The van der Waals surface area contributed by atoms with Gasteiger partial charge in [0.2, 0.25) is 0 Å². The van der Waals surface area contributed by atoms with Gasteiger partial charge in [0.15, 0.2) is 17.0 Å². The maximum atomic E-state index is 11.1. The Morgan fingerprint density at radius 3 is 2.49 bits per heavy atom. The van der Waals surface area contributed by atoms with Crippen LogP contribution in [0.1, 0.15) is 32.6 Å². The minimum Gasteiger partial charge on any atom is -0.390 e. The summed E-state index contributed by atoms with van der Waals surface area (Å²) in [6, 6.07) is 20.3. The van der Waals surface area contributed by atoms with E-state index in [-0.39, 0.29) is 6.17 Å². The average molecular weight is 472 g/mol. The second-order valence-electron chi connectivity index (χ2n) is 9.00. The summed E-state index contributed by atoms with van der Waals surface area (Å²) in [5.41, 5.74) is 6.96. The van der Waals surface area contributed by atoms with Crippen molar-refractivity contribution in [2.45, 2.75) is 44.9 Å². The molecule has 2 aromatic heterocycles. The predicted octanol–water partition coefficient (Wildman–Crippen LogP) is 4.01. The van der Waals surface area contributed by atoms with Gasteiger partial charge in [0.25, 0.3) is 0 Å². The standard InChI is InChI=1S/C27H33N7O/c1-3-22(35)27(33-18-12-6-11-17-30-33)32(2)25-23-26(29-19-28-25)34(21-15-9-5-10-16-21)24(31-23)20-13-7-4-8-14-20/h4-5,7-10,13-16,19,22,27,30,35H,3,6,11-12,17-18H2,1-2H3. The van der Waals surface area contributed by atoms with Gasteiger partial charge in [-0.05, 0) is 31.4 Å². The molecule has 182 valence electrons. The largest absolute Gasteiger partial charge is 0.390 e. The maximum Gasteiger partial charge on any atom is 0.170 e. The smallest absolute Gasteiger partial charge is 0.170 e. The molecule has 5 rings (SSSR count). The van der Waals surface area contributed by atoms with Gasteiger partial charge < -0.3 is 10.0 Å².